The van der Waals surface area contributed by atoms with E-state index in [0.717, 1.165) is 12.8 Å². The van der Waals surface area contributed by atoms with Gasteiger partial charge in [-0.05, 0) is 56.1 Å². The summed E-state index contributed by atoms with van der Waals surface area (Å²) in [4.78, 5) is 18.0. The molecule has 1 N–H and O–H groups in total. The van der Waals surface area contributed by atoms with E-state index in [0.29, 0.717) is 24.0 Å². The molecule has 0 aromatic carbocycles. The third-order valence-electron chi connectivity index (χ3n) is 8.16. The second kappa shape index (κ2) is 10.1. The fourth-order valence-electron chi connectivity index (χ4n) is 5.65. The number of alkyl halides is 3. The zero-order valence-electron chi connectivity index (χ0n) is 23.3. The molecule has 10 nitrogen and oxygen atoms in total. The molecular weight excluding hydrogens is 561 g/mol. The van der Waals surface area contributed by atoms with Gasteiger partial charge in [0.2, 0.25) is 5.88 Å². The van der Waals surface area contributed by atoms with E-state index in [-0.39, 0.29) is 40.5 Å². The molecule has 222 valence electrons. The molecule has 0 spiro atoms. The Labute approximate surface area is 236 Å². The number of halogens is 3. The number of nitrogens with one attached hydrogen (secondary N) is 1. The maximum absolute atomic E-state index is 13.4. The van der Waals surface area contributed by atoms with E-state index in [4.69, 9.17) is 9.72 Å². The van der Waals surface area contributed by atoms with Crippen molar-refractivity contribution in [2.24, 2.45) is 16.7 Å². The van der Waals surface area contributed by atoms with Crippen LogP contribution in [0.3, 0.4) is 0 Å². The summed E-state index contributed by atoms with van der Waals surface area (Å²) in [6.07, 6.45) is 1.39. The number of nitrogens with zero attached hydrogens (tertiary/aromatic N) is 5. The second-order valence-corrected chi connectivity index (χ2v) is 13.5. The smallest absolute Gasteiger partial charge is 0.397 e. The van der Waals surface area contributed by atoms with Gasteiger partial charge in [0.1, 0.15) is 16.9 Å². The van der Waals surface area contributed by atoms with E-state index in [1.165, 1.54) is 46.2 Å². The van der Waals surface area contributed by atoms with Crippen LogP contribution in [0, 0.1) is 16.7 Å². The zero-order valence-corrected chi connectivity index (χ0v) is 24.1. The minimum absolute atomic E-state index is 0.0257. The number of carbonyl (C=O) groups excluding carboxylic acids is 1. The normalized spacial score (nSPS) is 21.5. The molecule has 5 rings (SSSR count). The molecule has 0 radical (unpaired) electrons. The van der Waals surface area contributed by atoms with E-state index in [1.54, 1.807) is 0 Å². The van der Waals surface area contributed by atoms with Crippen LogP contribution >= 0.6 is 0 Å². The van der Waals surface area contributed by atoms with Crippen LogP contribution in [0.25, 0.3) is 5.82 Å². The number of ether oxygens (including phenoxy) is 1. The van der Waals surface area contributed by atoms with Crippen molar-refractivity contribution in [2.75, 3.05) is 6.61 Å². The molecule has 1 unspecified atom stereocenters. The molecular formula is C27H33F3N6O4S. The first-order valence-corrected chi connectivity index (χ1v) is 15.0. The highest BCUT2D eigenvalue weighted by atomic mass is 32.2. The highest BCUT2D eigenvalue weighted by Crippen LogP contribution is 2.57. The lowest BCUT2D eigenvalue weighted by atomic mass is 9.78. The number of amides is 1. The Morgan fingerprint density at radius 2 is 1.95 bits per heavy atom. The molecule has 3 aromatic heterocycles. The lowest BCUT2D eigenvalue weighted by Gasteiger charge is -2.28. The Hall–Kier alpha value is -3.42. The molecule has 0 saturated heterocycles. The molecule has 0 aliphatic heterocycles. The van der Waals surface area contributed by atoms with Crippen LogP contribution in [-0.4, -0.2) is 51.7 Å². The van der Waals surface area contributed by atoms with Crippen molar-refractivity contribution in [3.8, 4) is 11.7 Å². The number of pyridine rings is 1. The molecule has 2 aliphatic rings. The van der Waals surface area contributed by atoms with Gasteiger partial charge < -0.3 is 4.74 Å². The summed E-state index contributed by atoms with van der Waals surface area (Å²) in [5, 5.41) is 8.23. The number of aryl methyl sites for hydroxylation is 1. The van der Waals surface area contributed by atoms with Gasteiger partial charge in [0.05, 0.1) is 17.5 Å². The maximum Gasteiger partial charge on any atom is 0.397 e. The van der Waals surface area contributed by atoms with Crippen LogP contribution in [0.5, 0.6) is 5.88 Å². The second-order valence-electron chi connectivity index (χ2n) is 11.8. The predicted octanol–water partition coefficient (Wildman–Crippen LogP) is 4.86. The zero-order chi connectivity index (χ0) is 29.8. The first-order chi connectivity index (χ1) is 19.1. The molecule has 41 heavy (non-hydrogen) atoms. The third kappa shape index (κ3) is 5.70. The fraction of sp³-hybridized carbons (Fsp3) is 0.556. The number of sulfonamides is 1. The summed E-state index contributed by atoms with van der Waals surface area (Å²) in [5.41, 5.74) is -1.49. The molecule has 3 heterocycles. The summed E-state index contributed by atoms with van der Waals surface area (Å²) in [6.45, 7) is 8.06. The van der Waals surface area contributed by atoms with Gasteiger partial charge in [-0.1, -0.05) is 20.8 Å². The standard InChI is InChI=1S/C27H33F3N6O4S/c1-5-35-15-18(14-31-35)41(38,39)34-24(37)19-6-7-21(32-23(19)20-12-17(2)13-25(20,3)4)36-11-8-22(33-36)40-16-26(9-10-26)27(28,29)30/h6-8,11,14-15,17,20H,5,9-10,12-13,16H2,1-4H3,(H,34,37)/t17-,20?/m1/s1. The molecule has 2 saturated carbocycles. The van der Waals surface area contributed by atoms with Gasteiger partial charge in [-0.2, -0.15) is 18.3 Å². The molecule has 1 amide bonds. The summed E-state index contributed by atoms with van der Waals surface area (Å²) in [5.74, 6) is -0.264. The summed E-state index contributed by atoms with van der Waals surface area (Å²) in [6, 6.07) is 4.47. The SMILES string of the molecule is CCn1cc(S(=O)(=O)NC(=O)c2ccc(-n3ccc(OCC4(C(F)(F)F)CC4)n3)nc2C2C[C@@H](C)CC2(C)C)cn1. The van der Waals surface area contributed by atoms with Crippen molar-refractivity contribution in [1.82, 2.24) is 29.3 Å². The predicted molar refractivity (Wildman–Crippen MR) is 142 cm³/mol. The minimum atomic E-state index is -4.34. The Morgan fingerprint density at radius 3 is 2.54 bits per heavy atom. The Kier molecular flexibility index (Phi) is 7.19. The molecule has 2 aliphatic carbocycles. The molecule has 0 bridgehead atoms. The van der Waals surface area contributed by atoms with Crippen LogP contribution in [0.15, 0.2) is 41.7 Å². The Balaban J connectivity index is 1.44. The van der Waals surface area contributed by atoms with Crippen LogP contribution < -0.4 is 9.46 Å². The number of aromatic nitrogens is 5. The summed E-state index contributed by atoms with van der Waals surface area (Å²) in [7, 11) is -4.18. The summed E-state index contributed by atoms with van der Waals surface area (Å²) >= 11 is 0. The van der Waals surface area contributed by atoms with E-state index in [2.05, 4.69) is 35.7 Å². The largest absolute Gasteiger partial charge is 0.476 e. The van der Waals surface area contributed by atoms with Gasteiger partial charge in [-0.15, -0.1) is 5.10 Å². The highest BCUT2D eigenvalue weighted by molar-refractivity contribution is 7.90. The molecule has 2 fully saturated rings. The topological polar surface area (TPSA) is 121 Å². The average Bonchev–Trinajstić information content (AvgIpc) is 3.22. The van der Waals surface area contributed by atoms with E-state index >= 15 is 0 Å². The summed E-state index contributed by atoms with van der Waals surface area (Å²) < 4.78 is 76.1. The van der Waals surface area contributed by atoms with Gasteiger partial charge in [0, 0.05) is 30.9 Å². The Bertz CT molecular complexity index is 1560. The van der Waals surface area contributed by atoms with E-state index < -0.39 is 34.1 Å². The highest BCUT2D eigenvalue weighted by Gasteiger charge is 2.64. The number of hydrogen-bond acceptors (Lipinski definition) is 7. The first kappa shape index (κ1) is 29.1. The van der Waals surface area contributed by atoms with Crippen molar-refractivity contribution in [3.63, 3.8) is 0 Å². The first-order valence-electron chi connectivity index (χ1n) is 13.5. The van der Waals surface area contributed by atoms with Crippen LogP contribution in [0.2, 0.25) is 0 Å². The lowest BCUT2D eigenvalue weighted by molar-refractivity contribution is -0.194. The van der Waals surface area contributed by atoms with Crippen LogP contribution in [0.1, 0.15) is 75.3 Å². The fourth-order valence-corrected chi connectivity index (χ4v) is 6.57. The third-order valence-corrected chi connectivity index (χ3v) is 9.45. The monoisotopic (exact) mass is 594 g/mol. The average molecular weight is 595 g/mol. The number of carbonyl (C=O) groups is 1. The van der Waals surface area contributed by atoms with E-state index in [1.807, 2.05) is 6.92 Å². The van der Waals surface area contributed by atoms with E-state index in [9.17, 15) is 26.4 Å². The van der Waals surface area contributed by atoms with Crippen LogP contribution in [0.4, 0.5) is 13.2 Å². The molecule has 2 atom stereocenters. The number of rotatable bonds is 9. The van der Waals surface area contributed by atoms with Crippen molar-refractivity contribution >= 4 is 15.9 Å². The van der Waals surface area contributed by atoms with Gasteiger partial charge >= 0.3 is 6.18 Å². The van der Waals surface area contributed by atoms with Crippen molar-refractivity contribution < 1.29 is 31.1 Å². The van der Waals surface area contributed by atoms with Gasteiger partial charge in [-0.25, -0.2) is 22.8 Å². The van der Waals surface area contributed by atoms with Gasteiger partial charge in [0.25, 0.3) is 15.9 Å². The quantitative estimate of drug-likeness (QED) is 0.376. The Morgan fingerprint density at radius 1 is 1.22 bits per heavy atom. The van der Waals surface area contributed by atoms with Crippen LogP contribution in [-0.2, 0) is 16.6 Å². The van der Waals surface area contributed by atoms with Crippen molar-refractivity contribution in [3.05, 3.63) is 48.0 Å². The van der Waals surface area contributed by atoms with Crippen molar-refractivity contribution in [1.29, 1.82) is 0 Å². The van der Waals surface area contributed by atoms with Crippen molar-refractivity contribution in [2.45, 2.75) is 76.9 Å². The maximum atomic E-state index is 13.4. The van der Waals surface area contributed by atoms with Gasteiger partial charge in [0.15, 0.2) is 5.82 Å². The lowest BCUT2D eigenvalue weighted by Crippen LogP contribution is -2.32. The molecule has 3 aromatic rings. The minimum Gasteiger partial charge on any atom is -0.476 e. The molecule has 14 heteroatoms. The number of hydrogen-bond donors (Lipinski definition) is 1. The van der Waals surface area contributed by atoms with Gasteiger partial charge in [-0.3, -0.25) is 9.48 Å².